The van der Waals surface area contributed by atoms with Crippen molar-refractivity contribution in [2.75, 3.05) is 0 Å². The van der Waals surface area contributed by atoms with Gasteiger partial charge in [-0.05, 0) is 0 Å². The van der Waals surface area contributed by atoms with Crippen LogP contribution in [0.2, 0.25) is 0 Å². The summed E-state index contributed by atoms with van der Waals surface area (Å²) in [7, 11) is 0. The fraction of sp³-hybridized carbons (Fsp3) is 0.500. The van der Waals surface area contributed by atoms with Crippen molar-refractivity contribution >= 4 is 0 Å². The Hall–Kier alpha value is -2.25. The van der Waals surface area contributed by atoms with E-state index in [9.17, 15) is 92.2 Å². The first-order valence-electron chi connectivity index (χ1n) is 6.50. The van der Waals surface area contributed by atoms with Crippen molar-refractivity contribution in [2.24, 2.45) is 0 Å². The van der Waals surface area contributed by atoms with E-state index < -0.39 is 72.8 Å². The number of halogens is 21. The van der Waals surface area contributed by atoms with Gasteiger partial charge in [0.1, 0.15) is 6.33 Å². The Morgan fingerprint density at radius 1 is 0.515 bits per heavy atom. The molecule has 0 aliphatic heterocycles. The molecule has 33 heavy (non-hydrogen) atoms. The van der Waals surface area contributed by atoms with E-state index in [1.165, 1.54) is 0 Å². The molecule has 0 nitrogen and oxygen atoms in total. The van der Waals surface area contributed by atoms with E-state index in [2.05, 4.69) is 0 Å². The molecule has 0 fully saturated rings. The molecule has 0 aromatic heterocycles. The molecule has 21 heteroatoms. The Morgan fingerprint density at radius 3 is 0.818 bits per heavy atom. The third-order valence-electron chi connectivity index (χ3n) is 2.13. The summed E-state index contributed by atoms with van der Waals surface area (Å²) in [6.45, 7) is 0. The molecule has 0 aromatic carbocycles. The van der Waals surface area contributed by atoms with Crippen molar-refractivity contribution in [1.29, 1.82) is 0 Å². The van der Waals surface area contributed by atoms with E-state index in [1.54, 1.807) is 0 Å². The zero-order valence-electron chi connectivity index (χ0n) is 14.2. The second-order valence-corrected chi connectivity index (χ2v) is 4.55. The van der Waals surface area contributed by atoms with Crippen molar-refractivity contribution in [3.63, 3.8) is 0 Å². The van der Waals surface area contributed by atoms with Crippen LogP contribution in [-0.2, 0) is 0 Å². The quantitative estimate of drug-likeness (QED) is 0.311. The summed E-state index contributed by atoms with van der Waals surface area (Å²) in [5, 5.41) is 0. The van der Waals surface area contributed by atoms with Gasteiger partial charge in [-0.15, -0.1) is 0 Å². The van der Waals surface area contributed by atoms with Gasteiger partial charge in [-0.25, -0.2) is 26.3 Å². The standard InChI is InChI=1S/3C4HF7/c5-1-2(6)3(7,8)4(9,10)11;2*5-1(3(7)8)2(6)4(9,10)11/h1H;2*2H. The largest absolute Gasteiger partial charge is 0.460 e. The molecule has 2 unspecified atom stereocenters. The van der Waals surface area contributed by atoms with Gasteiger partial charge in [-0.3, -0.25) is 0 Å². The minimum atomic E-state index is -6.10. The fourth-order valence-corrected chi connectivity index (χ4v) is 0.683. The Bertz CT molecular complexity index is 638. The van der Waals surface area contributed by atoms with Crippen molar-refractivity contribution in [3.8, 4) is 0 Å². The number of hydrogen-bond donors (Lipinski definition) is 0. The van der Waals surface area contributed by atoms with Crippen molar-refractivity contribution < 1.29 is 92.2 Å². The summed E-state index contributed by atoms with van der Waals surface area (Å²) in [4.78, 5) is 0. The van der Waals surface area contributed by atoms with Crippen LogP contribution >= 0.6 is 0 Å². The normalized spacial score (nSPS) is 14.8. The first kappa shape index (κ1) is 35.3. The molecular formula is C12H3F21. The van der Waals surface area contributed by atoms with Gasteiger partial charge < -0.3 is 0 Å². The lowest BCUT2D eigenvalue weighted by molar-refractivity contribution is -0.270. The molecular weight excluding hydrogens is 543 g/mol. The second kappa shape index (κ2) is 12.8. The highest BCUT2D eigenvalue weighted by Crippen LogP contribution is 2.41. The molecule has 0 spiro atoms. The molecule has 0 aliphatic carbocycles. The highest BCUT2D eigenvalue weighted by Gasteiger charge is 2.61. The van der Waals surface area contributed by atoms with Gasteiger partial charge in [-0.2, -0.15) is 65.9 Å². The summed E-state index contributed by atoms with van der Waals surface area (Å²) < 4.78 is 235. The van der Waals surface area contributed by atoms with Crippen LogP contribution in [0.5, 0.6) is 0 Å². The summed E-state index contributed by atoms with van der Waals surface area (Å²) in [6.07, 6.45) is -33.8. The first-order valence-corrected chi connectivity index (χ1v) is 6.50. The van der Waals surface area contributed by atoms with Crippen LogP contribution in [-0.4, -0.2) is 36.8 Å². The van der Waals surface area contributed by atoms with Crippen LogP contribution in [0.4, 0.5) is 92.2 Å². The Morgan fingerprint density at radius 2 is 0.758 bits per heavy atom. The molecule has 0 amide bonds. The topological polar surface area (TPSA) is 0 Å². The van der Waals surface area contributed by atoms with Crippen molar-refractivity contribution in [2.45, 2.75) is 36.8 Å². The lowest BCUT2D eigenvalue weighted by Crippen LogP contribution is -2.36. The number of allylic oxidation sites excluding steroid dienone is 3. The average Bonchev–Trinajstić information content (AvgIpc) is 2.63. The average molecular weight is 546 g/mol. The van der Waals surface area contributed by atoms with E-state index in [4.69, 9.17) is 0 Å². The zero-order chi connectivity index (χ0) is 27.7. The summed E-state index contributed by atoms with van der Waals surface area (Å²) in [6, 6.07) is 0. The lowest BCUT2D eigenvalue weighted by Gasteiger charge is -2.16. The van der Waals surface area contributed by atoms with Gasteiger partial charge in [0, 0.05) is 0 Å². The third-order valence-corrected chi connectivity index (χ3v) is 2.13. The van der Waals surface area contributed by atoms with Gasteiger partial charge in [0.2, 0.25) is 17.5 Å². The molecule has 0 aromatic rings. The number of alkyl halides is 13. The van der Waals surface area contributed by atoms with Gasteiger partial charge in [0.05, 0.1) is 0 Å². The number of hydrogen-bond acceptors (Lipinski definition) is 0. The van der Waals surface area contributed by atoms with E-state index in [-0.39, 0.29) is 0 Å². The highest BCUT2D eigenvalue weighted by atomic mass is 19.4. The first-order chi connectivity index (χ1) is 14.3. The molecule has 0 aliphatic rings. The maximum atomic E-state index is 11.5. The minimum absolute atomic E-state index is 1.42. The zero-order valence-corrected chi connectivity index (χ0v) is 14.2. The maximum absolute atomic E-state index is 11.5. The molecule has 0 radical (unpaired) electrons. The Labute approximate surface area is 166 Å². The second-order valence-electron chi connectivity index (χ2n) is 4.55. The highest BCUT2D eigenvalue weighted by molar-refractivity contribution is 5.04. The monoisotopic (exact) mass is 546 g/mol. The molecule has 0 heterocycles. The molecule has 0 rings (SSSR count). The Kier molecular flexibility index (Phi) is 13.8. The minimum Gasteiger partial charge on any atom is -0.229 e. The number of rotatable bonds is 3. The summed E-state index contributed by atoms with van der Waals surface area (Å²) >= 11 is 0. The maximum Gasteiger partial charge on any atom is 0.460 e. The van der Waals surface area contributed by atoms with Gasteiger partial charge in [0.15, 0.2) is 0 Å². The van der Waals surface area contributed by atoms with Crippen LogP contribution in [0, 0.1) is 0 Å². The summed E-state index contributed by atoms with van der Waals surface area (Å²) in [5.41, 5.74) is 0. The predicted octanol–water partition coefficient (Wildman–Crippen LogP) is 8.89. The fourth-order valence-electron chi connectivity index (χ4n) is 0.683. The molecule has 0 N–H and O–H groups in total. The van der Waals surface area contributed by atoms with Crippen molar-refractivity contribution in [3.05, 3.63) is 36.0 Å². The van der Waals surface area contributed by atoms with Crippen LogP contribution in [0.15, 0.2) is 36.0 Å². The smallest absolute Gasteiger partial charge is 0.229 e. The molecule has 0 bridgehead atoms. The summed E-state index contributed by atoms with van der Waals surface area (Å²) in [5.74, 6) is -15.1. The molecule has 198 valence electrons. The van der Waals surface area contributed by atoms with Crippen LogP contribution in [0.25, 0.3) is 0 Å². The van der Waals surface area contributed by atoms with Crippen LogP contribution in [0.1, 0.15) is 0 Å². The van der Waals surface area contributed by atoms with Crippen LogP contribution in [0.3, 0.4) is 0 Å². The van der Waals surface area contributed by atoms with E-state index in [0.717, 1.165) is 0 Å². The van der Waals surface area contributed by atoms with Gasteiger partial charge >= 0.3 is 36.6 Å². The predicted molar refractivity (Wildman–Crippen MR) is 63.9 cm³/mol. The third kappa shape index (κ3) is 12.5. The van der Waals surface area contributed by atoms with Crippen LogP contribution < -0.4 is 0 Å². The molecule has 0 saturated carbocycles. The molecule has 2 atom stereocenters. The lowest BCUT2D eigenvalue weighted by atomic mass is 10.3. The van der Waals surface area contributed by atoms with Crippen molar-refractivity contribution in [1.82, 2.24) is 0 Å². The van der Waals surface area contributed by atoms with Gasteiger partial charge in [-0.1, -0.05) is 0 Å². The molecule has 0 saturated heterocycles. The van der Waals surface area contributed by atoms with Gasteiger partial charge in [0.25, 0.3) is 12.3 Å². The van der Waals surface area contributed by atoms with E-state index in [0.29, 0.717) is 0 Å². The SMILES string of the molecule is FC(F)=C(F)C(F)C(F)(F)F.FC(F)=C(F)C(F)C(F)(F)F.FC=C(F)C(F)(F)C(F)(F)F. The van der Waals surface area contributed by atoms with E-state index in [1.807, 2.05) is 0 Å². The Balaban J connectivity index is -0.000000409. The van der Waals surface area contributed by atoms with E-state index >= 15 is 0 Å².